The summed E-state index contributed by atoms with van der Waals surface area (Å²) in [6.07, 6.45) is 0. The maximum absolute atomic E-state index is 10.2. The number of nitrogens with one attached hydrogen (secondary N) is 1. The lowest BCUT2D eigenvalue weighted by Gasteiger charge is -2.24. The van der Waals surface area contributed by atoms with E-state index >= 15 is 0 Å². The molecule has 0 aliphatic carbocycles. The third-order valence-corrected chi connectivity index (χ3v) is 2.06. The minimum Gasteiger partial charge on any atom is -0.392 e. The van der Waals surface area contributed by atoms with E-state index in [4.69, 9.17) is 19.9 Å². The molecule has 13 heavy (non-hydrogen) atoms. The fourth-order valence-electron chi connectivity index (χ4n) is 0.574. The fourth-order valence-corrected chi connectivity index (χ4v) is 0.935. The van der Waals surface area contributed by atoms with Gasteiger partial charge in [-0.1, -0.05) is 0 Å². The molecule has 0 saturated carbocycles. The fraction of sp³-hybridized carbons (Fsp3) is 1.00. The molecule has 0 radical (unpaired) electrons. The van der Waals surface area contributed by atoms with Crippen LogP contribution in [0.4, 0.5) is 0 Å². The van der Waals surface area contributed by atoms with Gasteiger partial charge in [0, 0.05) is 6.54 Å². The predicted octanol–water partition coefficient (Wildman–Crippen LogP) is -2.86. The van der Waals surface area contributed by atoms with Crippen molar-refractivity contribution in [2.24, 2.45) is 0 Å². The van der Waals surface area contributed by atoms with Crippen molar-refractivity contribution in [1.29, 1.82) is 0 Å². The molecule has 0 fully saturated rings. The van der Waals surface area contributed by atoms with Crippen LogP contribution in [0.3, 0.4) is 0 Å². The highest BCUT2D eigenvalue weighted by atomic mass is 32.2. The second-order valence-corrected chi connectivity index (χ2v) is 4.13. The van der Waals surface area contributed by atoms with Gasteiger partial charge in [-0.05, 0) is 0 Å². The minimum atomic E-state index is -4.10. The van der Waals surface area contributed by atoms with Gasteiger partial charge in [0.25, 0.3) is 10.1 Å². The van der Waals surface area contributed by atoms with Gasteiger partial charge in [-0.25, -0.2) is 0 Å². The van der Waals surface area contributed by atoms with Crippen molar-refractivity contribution in [2.75, 3.05) is 25.5 Å². The number of hydrogen-bond donors (Lipinski definition) is 5. The second-order valence-electron chi connectivity index (χ2n) is 2.56. The van der Waals surface area contributed by atoms with Crippen LogP contribution < -0.4 is 5.32 Å². The summed E-state index contributed by atoms with van der Waals surface area (Å²) < 4.78 is 28.7. The molecule has 0 aromatic carbocycles. The highest BCUT2D eigenvalue weighted by Gasteiger charge is 2.24. The van der Waals surface area contributed by atoms with Crippen LogP contribution in [-0.2, 0) is 10.1 Å². The second kappa shape index (κ2) is 4.84. The molecule has 0 aliphatic heterocycles. The highest BCUT2D eigenvalue weighted by Crippen LogP contribution is 1.95. The van der Waals surface area contributed by atoms with E-state index in [0.29, 0.717) is 0 Å². The quantitative estimate of drug-likeness (QED) is 0.238. The van der Waals surface area contributed by atoms with Crippen LogP contribution in [0.1, 0.15) is 0 Å². The summed E-state index contributed by atoms with van der Waals surface area (Å²) in [5.41, 5.74) is -1.91. The van der Waals surface area contributed by atoms with Gasteiger partial charge in [-0.2, -0.15) is 8.42 Å². The third-order valence-electron chi connectivity index (χ3n) is 1.34. The van der Waals surface area contributed by atoms with Crippen molar-refractivity contribution >= 4 is 10.1 Å². The number of hydrogen-bond acceptors (Lipinski definition) is 6. The Kier molecular flexibility index (Phi) is 4.75. The van der Waals surface area contributed by atoms with E-state index in [1.165, 1.54) is 0 Å². The maximum atomic E-state index is 10.2. The molecule has 8 heteroatoms. The first-order valence-electron chi connectivity index (χ1n) is 3.47. The summed E-state index contributed by atoms with van der Waals surface area (Å²) in [6.45, 7) is -1.78. The Balaban J connectivity index is 3.88. The molecule has 0 aromatic rings. The molecule has 0 heterocycles. The van der Waals surface area contributed by atoms with Gasteiger partial charge < -0.3 is 15.3 Å². The Bertz CT molecular complexity index is 233. The average molecular weight is 215 g/mol. The Morgan fingerprint density at radius 2 is 1.69 bits per heavy atom. The van der Waals surface area contributed by atoms with Gasteiger partial charge >= 0.3 is 0 Å². The lowest BCUT2D eigenvalue weighted by Crippen LogP contribution is -2.52. The van der Waals surface area contributed by atoms with E-state index in [2.05, 4.69) is 5.32 Å². The molecule has 0 amide bonds. The number of aliphatic hydroxyl groups excluding tert-OH is 2. The lowest BCUT2D eigenvalue weighted by molar-refractivity contribution is -0.0781. The van der Waals surface area contributed by atoms with Gasteiger partial charge in [0.1, 0.15) is 0 Å². The molecule has 5 N–H and O–H groups in total. The van der Waals surface area contributed by atoms with Crippen LogP contribution in [0, 0.1) is 0 Å². The first kappa shape index (κ1) is 12.8. The average Bonchev–Trinajstić information content (AvgIpc) is 2.02. The molecule has 80 valence electrons. The zero-order valence-corrected chi connectivity index (χ0v) is 7.66. The van der Waals surface area contributed by atoms with E-state index in [9.17, 15) is 8.42 Å². The van der Waals surface area contributed by atoms with Crippen LogP contribution in [0.25, 0.3) is 0 Å². The summed E-state index contributed by atoms with van der Waals surface area (Å²) in [5, 5.41) is 28.4. The van der Waals surface area contributed by atoms with Crippen LogP contribution in [-0.4, -0.2) is 59.5 Å². The smallest absolute Gasteiger partial charge is 0.266 e. The third kappa shape index (κ3) is 5.91. The zero-order chi connectivity index (χ0) is 10.5. The van der Waals surface area contributed by atoms with Crippen LogP contribution in [0.15, 0.2) is 0 Å². The van der Waals surface area contributed by atoms with Crippen molar-refractivity contribution < 1.29 is 28.3 Å². The van der Waals surface area contributed by atoms with Crippen molar-refractivity contribution in [2.45, 2.75) is 5.72 Å². The molecule has 0 unspecified atom stereocenters. The zero-order valence-electron chi connectivity index (χ0n) is 6.84. The van der Waals surface area contributed by atoms with Crippen molar-refractivity contribution in [1.82, 2.24) is 5.32 Å². The molecular weight excluding hydrogens is 202 g/mol. The molecular formula is C5H13NO6S. The van der Waals surface area contributed by atoms with Gasteiger partial charge in [-0.15, -0.1) is 0 Å². The highest BCUT2D eigenvalue weighted by molar-refractivity contribution is 7.85. The van der Waals surface area contributed by atoms with Crippen molar-refractivity contribution in [3.8, 4) is 0 Å². The van der Waals surface area contributed by atoms with Crippen molar-refractivity contribution in [3.05, 3.63) is 0 Å². The Morgan fingerprint density at radius 1 is 1.23 bits per heavy atom. The molecule has 0 bridgehead atoms. The van der Waals surface area contributed by atoms with Crippen LogP contribution in [0.5, 0.6) is 0 Å². The van der Waals surface area contributed by atoms with E-state index in [1.54, 1.807) is 0 Å². The summed E-state index contributed by atoms with van der Waals surface area (Å²) in [7, 11) is -4.10. The van der Waals surface area contributed by atoms with E-state index < -0.39 is 34.8 Å². The summed E-state index contributed by atoms with van der Waals surface area (Å²) in [4.78, 5) is 0. The van der Waals surface area contributed by atoms with Gasteiger partial charge in [0.05, 0.1) is 19.0 Å². The summed E-state index contributed by atoms with van der Waals surface area (Å²) >= 11 is 0. The molecule has 0 aromatic heterocycles. The topological polar surface area (TPSA) is 127 Å². The van der Waals surface area contributed by atoms with E-state index in [-0.39, 0.29) is 6.54 Å². The van der Waals surface area contributed by atoms with E-state index in [0.717, 1.165) is 0 Å². The summed E-state index contributed by atoms with van der Waals surface area (Å²) in [5.74, 6) is -0.602. The number of rotatable bonds is 6. The molecule has 0 spiro atoms. The van der Waals surface area contributed by atoms with Gasteiger partial charge in [-0.3, -0.25) is 9.87 Å². The lowest BCUT2D eigenvalue weighted by atomic mass is 10.2. The van der Waals surface area contributed by atoms with Crippen LogP contribution in [0.2, 0.25) is 0 Å². The first-order valence-corrected chi connectivity index (χ1v) is 5.08. The van der Waals surface area contributed by atoms with Crippen LogP contribution >= 0.6 is 0 Å². The Morgan fingerprint density at radius 3 is 2.00 bits per heavy atom. The largest absolute Gasteiger partial charge is 0.392 e. The molecule has 7 nitrogen and oxygen atoms in total. The summed E-state index contributed by atoms with van der Waals surface area (Å²) in [6, 6.07) is 0. The van der Waals surface area contributed by atoms with Crippen molar-refractivity contribution in [3.63, 3.8) is 0 Å². The Labute approximate surface area is 75.8 Å². The number of aliphatic hydroxyl groups is 3. The monoisotopic (exact) mass is 215 g/mol. The Hall–Kier alpha value is -0.250. The van der Waals surface area contributed by atoms with Gasteiger partial charge in [0.15, 0.2) is 5.72 Å². The van der Waals surface area contributed by atoms with E-state index in [1.807, 2.05) is 0 Å². The first-order chi connectivity index (χ1) is 5.83. The minimum absolute atomic E-state index is 0.267. The SMILES string of the molecule is O=S(=O)(O)CCNC(O)(CO)CO. The molecule has 0 saturated heterocycles. The molecule has 0 rings (SSSR count). The molecule has 0 atom stereocenters. The molecule has 0 aliphatic rings. The standard InChI is InChI=1S/C5H13NO6S/c7-3-5(9,4-8)6-1-2-13(10,11)12/h6-9H,1-4H2,(H,10,11,12). The maximum Gasteiger partial charge on any atom is 0.266 e. The normalized spacial score (nSPS) is 13.2. The van der Waals surface area contributed by atoms with Gasteiger partial charge in [0.2, 0.25) is 0 Å². The predicted molar refractivity (Wildman–Crippen MR) is 43.5 cm³/mol.